The van der Waals surface area contributed by atoms with Gasteiger partial charge in [0.05, 0.1) is 17.6 Å². The molecule has 0 amide bonds. The van der Waals surface area contributed by atoms with Crippen LogP contribution in [0.15, 0.2) is 28.7 Å². The molecule has 1 heterocycles. The summed E-state index contributed by atoms with van der Waals surface area (Å²) in [5.41, 5.74) is -2.16. The number of halogens is 1. The van der Waals surface area contributed by atoms with Crippen molar-refractivity contribution in [3.8, 4) is 6.07 Å². The average Bonchev–Trinajstić information content (AvgIpc) is 2.75. The van der Waals surface area contributed by atoms with Crippen LogP contribution in [0.2, 0.25) is 0 Å². The molecule has 1 saturated heterocycles. The molecule has 2 atom stereocenters. The minimum atomic E-state index is -3.27. The summed E-state index contributed by atoms with van der Waals surface area (Å²) >= 11 is 3.34. The zero-order valence-electron chi connectivity index (χ0n) is 11.1. The molecule has 0 bridgehead atoms. The van der Waals surface area contributed by atoms with E-state index in [0.29, 0.717) is 5.56 Å². The lowest BCUT2D eigenvalue weighted by molar-refractivity contribution is -0.0534. The van der Waals surface area contributed by atoms with Crippen LogP contribution >= 0.6 is 15.9 Å². The van der Waals surface area contributed by atoms with Crippen molar-refractivity contribution in [1.29, 1.82) is 5.26 Å². The normalized spacial score (nSPS) is 27.7. The van der Waals surface area contributed by atoms with Gasteiger partial charge in [-0.2, -0.15) is 5.26 Å². The zero-order valence-corrected chi connectivity index (χ0v) is 13.5. The molecule has 6 heteroatoms. The zero-order chi connectivity index (χ0) is 15.0. The van der Waals surface area contributed by atoms with Crippen molar-refractivity contribution < 1.29 is 13.5 Å². The Kier molecular flexibility index (Phi) is 3.98. The molecule has 1 aliphatic rings. The number of sulfone groups is 1. The quantitative estimate of drug-likeness (QED) is 0.900. The highest BCUT2D eigenvalue weighted by Gasteiger charge is 2.57. The minimum Gasteiger partial charge on any atom is -0.383 e. The van der Waals surface area contributed by atoms with Crippen molar-refractivity contribution in [3.05, 3.63) is 34.3 Å². The molecule has 0 spiro atoms. The Labute approximate surface area is 127 Å². The number of rotatable bonds is 3. The molecule has 0 aliphatic carbocycles. The fourth-order valence-corrected chi connectivity index (χ4v) is 5.32. The Hall–Kier alpha value is -0.900. The molecule has 0 saturated carbocycles. The largest absolute Gasteiger partial charge is 0.383 e. The van der Waals surface area contributed by atoms with Crippen LogP contribution in [0.5, 0.6) is 0 Å². The number of nitriles is 1. The summed E-state index contributed by atoms with van der Waals surface area (Å²) in [6.07, 6.45) is 0.454. The molecule has 108 valence electrons. The maximum atomic E-state index is 11.8. The van der Waals surface area contributed by atoms with E-state index in [-0.39, 0.29) is 24.3 Å². The van der Waals surface area contributed by atoms with Crippen LogP contribution in [0.1, 0.15) is 25.3 Å². The lowest BCUT2D eigenvalue weighted by Gasteiger charge is -2.39. The topological polar surface area (TPSA) is 78.2 Å². The Morgan fingerprint density at radius 1 is 1.55 bits per heavy atom. The van der Waals surface area contributed by atoms with Gasteiger partial charge in [-0.05, 0) is 30.5 Å². The average molecular weight is 358 g/mol. The van der Waals surface area contributed by atoms with E-state index in [4.69, 9.17) is 0 Å². The number of benzene rings is 1. The fourth-order valence-electron chi connectivity index (χ4n) is 2.92. The van der Waals surface area contributed by atoms with E-state index in [1.807, 2.05) is 6.07 Å². The van der Waals surface area contributed by atoms with Gasteiger partial charge in [0, 0.05) is 4.47 Å². The van der Waals surface area contributed by atoms with Crippen molar-refractivity contribution in [2.75, 3.05) is 11.5 Å². The summed E-state index contributed by atoms with van der Waals surface area (Å²) < 4.78 is 24.4. The van der Waals surface area contributed by atoms with Gasteiger partial charge in [0.1, 0.15) is 11.0 Å². The third-order valence-corrected chi connectivity index (χ3v) is 6.38. The van der Waals surface area contributed by atoms with E-state index in [9.17, 15) is 18.8 Å². The number of nitrogens with zero attached hydrogens (tertiary/aromatic N) is 1. The SMILES string of the molecule is CCC(O)(c1cccc(Br)c1)C1(C#N)CCS(=O)(=O)C1. The van der Waals surface area contributed by atoms with E-state index in [1.165, 1.54) is 0 Å². The Balaban J connectivity index is 2.58. The van der Waals surface area contributed by atoms with E-state index >= 15 is 0 Å². The summed E-state index contributed by atoms with van der Waals surface area (Å²) in [4.78, 5) is 0. The van der Waals surface area contributed by atoms with Crippen molar-refractivity contribution in [2.24, 2.45) is 5.41 Å². The molecular weight excluding hydrogens is 342 g/mol. The second-order valence-electron chi connectivity index (χ2n) is 5.26. The van der Waals surface area contributed by atoms with E-state index in [0.717, 1.165) is 4.47 Å². The summed E-state index contributed by atoms with van der Waals surface area (Å²) in [5, 5.41) is 20.7. The predicted octanol–water partition coefficient (Wildman–Crippen LogP) is 2.38. The summed E-state index contributed by atoms with van der Waals surface area (Å²) in [6.45, 7) is 1.77. The highest BCUT2D eigenvalue weighted by Crippen LogP contribution is 2.49. The molecule has 1 N–H and O–H groups in total. The van der Waals surface area contributed by atoms with Gasteiger partial charge in [-0.25, -0.2) is 8.42 Å². The Morgan fingerprint density at radius 3 is 2.70 bits per heavy atom. The van der Waals surface area contributed by atoms with Crippen LogP contribution in [0, 0.1) is 16.7 Å². The van der Waals surface area contributed by atoms with E-state index < -0.39 is 20.9 Å². The van der Waals surface area contributed by atoms with Crippen molar-refractivity contribution in [3.63, 3.8) is 0 Å². The van der Waals surface area contributed by atoms with Crippen LogP contribution in [0.3, 0.4) is 0 Å². The molecule has 2 rings (SSSR count). The first-order chi connectivity index (χ1) is 9.28. The molecule has 1 aromatic rings. The highest BCUT2D eigenvalue weighted by molar-refractivity contribution is 9.10. The van der Waals surface area contributed by atoms with Crippen molar-refractivity contribution in [2.45, 2.75) is 25.4 Å². The van der Waals surface area contributed by atoms with E-state index in [1.54, 1.807) is 25.1 Å². The Morgan fingerprint density at radius 2 is 2.25 bits per heavy atom. The molecule has 1 aromatic carbocycles. The third kappa shape index (κ3) is 2.39. The van der Waals surface area contributed by atoms with Gasteiger partial charge in [0.2, 0.25) is 0 Å². The first-order valence-electron chi connectivity index (χ1n) is 6.39. The number of hydrogen-bond donors (Lipinski definition) is 1. The second kappa shape index (κ2) is 5.14. The highest BCUT2D eigenvalue weighted by atomic mass is 79.9. The van der Waals surface area contributed by atoms with Crippen LogP contribution in [0.4, 0.5) is 0 Å². The van der Waals surface area contributed by atoms with Crippen molar-refractivity contribution >= 4 is 25.8 Å². The van der Waals surface area contributed by atoms with Gasteiger partial charge in [-0.15, -0.1) is 0 Å². The van der Waals surface area contributed by atoms with Crippen molar-refractivity contribution in [1.82, 2.24) is 0 Å². The fraction of sp³-hybridized carbons (Fsp3) is 0.500. The molecule has 1 aliphatic heterocycles. The number of hydrogen-bond acceptors (Lipinski definition) is 4. The molecule has 20 heavy (non-hydrogen) atoms. The van der Waals surface area contributed by atoms with Crippen LogP contribution < -0.4 is 0 Å². The maximum absolute atomic E-state index is 11.8. The minimum absolute atomic E-state index is 0.0448. The van der Waals surface area contributed by atoms with Crippen LogP contribution in [-0.2, 0) is 15.4 Å². The summed E-state index contributed by atoms with van der Waals surface area (Å²) in [7, 11) is -3.27. The molecule has 2 unspecified atom stereocenters. The van der Waals surface area contributed by atoms with Gasteiger partial charge in [0.25, 0.3) is 0 Å². The smallest absolute Gasteiger partial charge is 0.152 e. The standard InChI is InChI=1S/C14H16BrNO3S/c1-2-14(17,11-4-3-5-12(15)8-11)13(9-16)6-7-20(18,19)10-13/h3-5,8,17H,2,6-7,10H2,1H3. The summed E-state index contributed by atoms with van der Waals surface area (Å²) in [6, 6.07) is 9.17. The third-order valence-electron chi connectivity index (χ3n) is 4.13. The van der Waals surface area contributed by atoms with Gasteiger partial charge in [0.15, 0.2) is 9.84 Å². The lowest BCUT2D eigenvalue weighted by Crippen LogP contribution is -2.45. The Bertz CT molecular complexity index is 667. The summed E-state index contributed by atoms with van der Waals surface area (Å²) in [5.74, 6) is -0.329. The monoisotopic (exact) mass is 357 g/mol. The molecular formula is C14H16BrNO3S. The van der Waals surface area contributed by atoms with Crippen LogP contribution in [0.25, 0.3) is 0 Å². The van der Waals surface area contributed by atoms with Gasteiger partial charge in [-0.1, -0.05) is 35.0 Å². The lowest BCUT2D eigenvalue weighted by atomic mass is 9.67. The second-order valence-corrected chi connectivity index (χ2v) is 8.36. The predicted molar refractivity (Wildman–Crippen MR) is 79.6 cm³/mol. The van der Waals surface area contributed by atoms with Gasteiger partial charge in [-0.3, -0.25) is 0 Å². The molecule has 1 fully saturated rings. The molecule has 4 nitrogen and oxygen atoms in total. The first-order valence-corrected chi connectivity index (χ1v) is 9.00. The maximum Gasteiger partial charge on any atom is 0.152 e. The van der Waals surface area contributed by atoms with Crippen LogP contribution in [-0.4, -0.2) is 25.0 Å². The van der Waals surface area contributed by atoms with E-state index in [2.05, 4.69) is 22.0 Å². The molecule has 0 radical (unpaired) electrons. The van der Waals surface area contributed by atoms with Gasteiger partial charge < -0.3 is 5.11 Å². The number of aliphatic hydroxyl groups is 1. The first kappa shape index (κ1) is 15.5. The molecule has 0 aromatic heterocycles. The van der Waals surface area contributed by atoms with Gasteiger partial charge >= 0.3 is 0 Å².